The number of allylic oxidation sites excluding steroid dienone is 1. The number of carbonyl (C=O) groups is 2. The predicted molar refractivity (Wildman–Crippen MR) is 102 cm³/mol. The molecule has 2 aliphatic rings. The number of carbonyl (C=O) groups excluding carboxylic acids is 2. The average Bonchev–Trinajstić information content (AvgIpc) is 3.02. The van der Waals surface area contributed by atoms with Crippen molar-refractivity contribution in [2.75, 3.05) is 13.2 Å². The Morgan fingerprint density at radius 2 is 2.23 bits per heavy atom. The van der Waals surface area contributed by atoms with Gasteiger partial charge in [0.15, 0.2) is 0 Å². The first-order valence-corrected chi connectivity index (χ1v) is 9.60. The first-order valence-electron chi connectivity index (χ1n) is 9.22. The molecule has 0 spiro atoms. The van der Waals surface area contributed by atoms with Gasteiger partial charge in [-0.1, -0.05) is 43.7 Å². The number of hydrogen-bond donors (Lipinski definition) is 1. The summed E-state index contributed by atoms with van der Waals surface area (Å²) in [5.74, 6) is 0.438. The highest BCUT2D eigenvalue weighted by Crippen LogP contribution is 2.52. The van der Waals surface area contributed by atoms with Crippen molar-refractivity contribution < 1.29 is 14.3 Å². The smallest absolute Gasteiger partial charge is 0.313 e. The van der Waals surface area contributed by atoms with Crippen LogP contribution in [0.3, 0.4) is 0 Å². The molecular weight excluding hydrogens is 350 g/mol. The molecule has 0 radical (unpaired) electrons. The summed E-state index contributed by atoms with van der Waals surface area (Å²) in [4.78, 5) is 24.7. The Morgan fingerprint density at radius 3 is 2.92 bits per heavy atom. The van der Waals surface area contributed by atoms with E-state index in [0.717, 1.165) is 24.0 Å². The van der Waals surface area contributed by atoms with Gasteiger partial charge in [-0.3, -0.25) is 9.59 Å². The van der Waals surface area contributed by atoms with E-state index < -0.39 is 5.41 Å². The number of hydrogen-bond acceptors (Lipinski definition) is 3. The standard InChI is InChI=1S/C21H26ClNO3/c1-13(2)6-7-23-19(24)17-5-4-15(9-18(17)22)11-21-10-14(3)8-16(21)12-26-20(21)25/h4-5,9,13,16H,3,6-8,10-12H2,1-2H3,(H,23,24). The second-order valence-electron chi connectivity index (χ2n) is 8.01. The van der Waals surface area contributed by atoms with Crippen LogP contribution in [0.25, 0.3) is 0 Å². The molecule has 4 nitrogen and oxygen atoms in total. The molecule has 0 bridgehead atoms. The molecule has 1 aromatic rings. The summed E-state index contributed by atoms with van der Waals surface area (Å²) in [6.45, 7) is 9.41. The Kier molecular flexibility index (Phi) is 5.42. The summed E-state index contributed by atoms with van der Waals surface area (Å²) in [6.07, 6.45) is 3.02. The number of esters is 1. The number of halogens is 1. The van der Waals surface area contributed by atoms with E-state index in [1.54, 1.807) is 12.1 Å². The molecule has 26 heavy (non-hydrogen) atoms. The van der Waals surface area contributed by atoms with Crippen LogP contribution >= 0.6 is 11.6 Å². The van der Waals surface area contributed by atoms with Crippen molar-refractivity contribution in [1.29, 1.82) is 0 Å². The maximum absolute atomic E-state index is 12.4. The molecule has 1 saturated heterocycles. The highest BCUT2D eigenvalue weighted by molar-refractivity contribution is 6.33. The van der Waals surface area contributed by atoms with Crippen LogP contribution in [0.2, 0.25) is 5.02 Å². The van der Waals surface area contributed by atoms with Crippen molar-refractivity contribution in [3.05, 3.63) is 46.5 Å². The minimum atomic E-state index is -0.512. The third-order valence-corrected chi connectivity index (χ3v) is 5.82. The van der Waals surface area contributed by atoms with Crippen LogP contribution in [0.5, 0.6) is 0 Å². The second-order valence-corrected chi connectivity index (χ2v) is 8.42. The number of fused-ring (bicyclic) bond motifs is 1. The Hall–Kier alpha value is -1.81. The number of ether oxygens (including phenoxy) is 1. The van der Waals surface area contributed by atoms with Gasteiger partial charge in [-0.2, -0.15) is 0 Å². The van der Waals surface area contributed by atoms with E-state index >= 15 is 0 Å². The van der Waals surface area contributed by atoms with Crippen molar-refractivity contribution in [3.8, 4) is 0 Å². The van der Waals surface area contributed by atoms with Crippen LogP contribution in [0, 0.1) is 17.3 Å². The quantitative estimate of drug-likeness (QED) is 0.599. The highest BCUT2D eigenvalue weighted by atomic mass is 35.5. The summed E-state index contributed by atoms with van der Waals surface area (Å²) < 4.78 is 5.32. The molecule has 2 unspecified atom stereocenters. The summed E-state index contributed by atoms with van der Waals surface area (Å²) in [5, 5.41) is 3.32. The number of cyclic esters (lactones) is 1. The minimum Gasteiger partial charge on any atom is -0.465 e. The van der Waals surface area contributed by atoms with Crippen LogP contribution in [0.15, 0.2) is 30.4 Å². The number of rotatable bonds is 6. The van der Waals surface area contributed by atoms with Crippen molar-refractivity contribution in [1.82, 2.24) is 5.32 Å². The van der Waals surface area contributed by atoms with Gasteiger partial charge < -0.3 is 10.1 Å². The van der Waals surface area contributed by atoms with Gasteiger partial charge >= 0.3 is 5.97 Å². The zero-order valence-corrected chi connectivity index (χ0v) is 16.2. The van der Waals surface area contributed by atoms with Gasteiger partial charge in [0.25, 0.3) is 5.91 Å². The molecule has 3 rings (SSSR count). The first-order chi connectivity index (χ1) is 12.3. The van der Waals surface area contributed by atoms with Crippen molar-refractivity contribution in [3.63, 3.8) is 0 Å². The van der Waals surface area contributed by atoms with Crippen LogP contribution in [0.4, 0.5) is 0 Å². The van der Waals surface area contributed by atoms with Crippen LogP contribution in [-0.4, -0.2) is 25.0 Å². The third-order valence-electron chi connectivity index (χ3n) is 5.51. The molecule has 2 atom stereocenters. The SMILES string of the molecule is C=C1CC2COC(=O)C2(Cc2ccc(C(=O)NCCC(C)C)c(Cl)c2)C1. The fourth-order valence-corrected chi connectivity index (χ4v) is 4.34. The van der Waals surface area contributed by atoms with Crippen LogP contribution < -0.4 is 5.32 Å². The zero-order valence-electron chi connectivity index (χ0n) is 15.4. The zero-order chi connectivity index (χ0) is 18.9. The van der Waals surface area contributed by atoms with Crippen LogP contribution in [0.1, 0.15) is 49.0 Å². The molecule has 140 valence electrons. The van der Waals surface area contributed by atoms with E-state index in [1.165, 1.54) is 0 Å². The van der Waals surface area contributed by atoms with E-state index in [9.17, 15) is 9.59 Å². The molecule has 1 amide bonds. The van der Waals surface area contributed by atoms with Gasteiger partial charge in [0.1, 0.15) is 0 Å². The lowest BCUT2D eigenvalue weighted by molar-refractivity contribution is -0.146. The van der Waals surface area contributed by atoms with Gasteiger partial charge in [0.05, 0.1) is 22.6 Å². The number of amides is 1. The average molecular weight is 376 g/mol. The fourth-order valence-electron chi connectivity index (χ4n) is 4.05. The molecular formula is C21H26ClNO3. The van der Waals surface area contributed by atoms with Crippen molar-refractivity contribution in [2.24, 2.45) is 17.3 Å². The highest BCUT2D eigenvalue weighted by Gasteiger charge is 2.55. The second kappa shape index (κ2) is 7.43. The Labute approximate surface area is 159 Å². The molecule has 1 heterocycles. The van der Waals surface area contributed by atoms with E-state index in [0.29, 0.717) is 42.5 Å². The summed E-state index contributed by atoms with van der Waals surface area (Å²) in [6, 6.07) is 5.44. The first kappa shape index (κ1) is 19.0. The maximum Gasteiger partial charge on any atom is 0.313 e. The Balaban J connectivity index is 1.72. The van der Waals surface area contributed by atoms with E-state index in [-0.39, 0.29) is 17.8 Å². The van der Waals surface area contributed by atoms with E-state index in [1.807, 2.05) is 6.07 Å². The Bertz CT molecular complexity index is 743. The van der Waals surface area contributed by atoms with Crippen molar-refractivity contribution >= 4 is 23.5 Å². The largest absolute Gasteiger partial charge is 0.465 e. The molecule has 2 fully saturated rings. The maximum atomic E-state index is 12.4. The third kappa shape index (κ3) is 3.66. The predicted octanol–water partition coefficient (Wildman–Crippen LogP) is 4.17. The van der Waals surface area contributed by atoms with Gasteiger partial charge in [0.2, 0.25) is 0 Å². The monoisotopic (exact) mass is 375 g/mol. The fraction of sp³-hybridized carbons (Fsp3) is 0.524. The lowest BCUT2D eigenvalue weighted by atomic mass is 9.75. The molecule has 1 saturated carbocycles. The molecule has 5 heteroatoms. The lowest BCUT2D eigenvalue weighted by Crippen LogP contribution is -2.31. The van der Waals surface area contributed by atoms with Gasteiger partial charge in [-0.05, 0) is 49.3 Å². The van der Waals surface area contributed by atoms with Crippen molar-refractivity contribution in [2.45, 2.75) is 39.5 Å². The number of benzene rings is 1. The summed E-state index contributed by atoms with van der Waals surface area (Å²) >= 11 is 6.36. The Morgan fingerprint density at radius 1 is 1.46 bits per heavy atom. The van der Waals surface area contributed by atoms with Crippen LogP contribution in [-0.2, 0) is 16.0 Å². The summed E-state index contributed by atoms with van der Waals surface area (Å²) in [7, 11) is 0. The molecule has 1 aliphatic heterocycles. The normalized spacial score (nSPS) is 24.7. The minimum absolute atomic E-state index is 0.132. The topological polar surface area (TPSA) is 55.4 Å². The summed E-state index contributed by atoms with van der Waals surface area (Å²) in [5.41, 5.74) is 2.02. The lowest BCUT2D eigenvalue weighted by Gasteiger charge is -2.24. The number of nitrogens with one attached hydrogen (secondary N) is 1. The molecule has 1 aliphatic carbocycles. The van der Waals surface area contributed by atoms with Gasteiger partial charge in [0, 0.05) is 12.5 Å². The molecule has 1 aromatic carbocycles. The van der Waals surface area contributed by atoms with E-state index in [4.69, 9.17) is 16.3 Å². The molecule has 1 N–H and O–H groups in total. The van der Waals surface area contributed by atoms with E-state index in [2.05, 4.69) is 25.7 Å². The van der Waals surface area contributed by atoms with Gasteiger partial charge in [-0.25, -0.2) is 0 Å². The van der Waals surface area contributed by atoms with Gasteiger partial charge in [-0.15, -0.1) is 0 Å². The molecule has 0 aromatic heterocycles.